The van der Waals surface area contributed by atoms with Gasteiger partial charge in [-0.3, -0.25) is 9.89 Å². The Balaban J connectivity index is 2.02. The van der Waals surface area contributed by atoms with E-state index in [2.05, 4.69) is 24.2 Å². The lowest BCUT2D eigenvalue weighted by molar-refractivity contribution is 0.819. The second-order valence-electron chi connectivity index (χ2n) is 6.09. The van der Waals surface area contributed by atoms with Gasteiger partial charge in [0.05, 0.1) is 5.69 Å². The van der Waals surface area contributed by atoms with Gasteiger partial charge < -0.3 is 0 Å². The molecular weight excluding hydrogens is 310 g/mol. The minimum atomic E-state index is -0.0941. The fourth-order valence-electron chi connectivity index (χ4n) is 3.18. The van der Waals surface area contributed by atoms with E-state index in [1.807, 2.05) is 48.5 Å². The molecule has 2 heterocycles. The van der Waals surface area contributed by atoms with Gasteiger partial charge in [-0.1, -0.05) is 74.0 Å². The van der Waals surface area contributed by atoms with Crippen LogP contribution in [-0.4, -0.2) is 14.6 Å². The van der Waals surface area contributed by atoms with Gasteiger partial charge in [0.1, 0.15) is 0 Å². The predicted octanol–water partition coefficient (Wildman–Crippen LogP) is 4.31. The standard InChI is InChI=1S/C21H19N3O/c1-2-9-17-20(16-12-7-4-8-13-16)21-22-18(14-19(25)24(21)23-17)15-10-5-3-6-11-15/h3-8,10-14,23H,2,9H2,1H3. The quantitative estimate of drug-likeness (QED) is 0.606. The third-order valence-electron chi connectivity index (χ3n) is 4.32. The van der Waals surface area contributed by atoms with Crippen LogP contribution in [0, 0.1) is 0 Å². The highest BCUT2D eigenvalue weighted by Crippen LogP contribution is 2.28. The van der Waals surface area contributed by atoms with Crippen molar-refractivity contribution < 1.29 is 0 Å². The van der Waals surface area contributed by atoms with Gasteiger partial charge in [0, 0.05) is 22.9 Å². The average Bonchev–Trinajstić information content (AvgIpc) is 3.02. The van der Waals surface area contributed by atoms with Crippen molar-refractivity contribution in [2.24, 2.45) is 0 Å². The predicted molar refractivity (Wildman–Crippen MR) is 101 cm³/mol. The topological polar surface area (TPSA) is 50.2 Å². The fraction of sp³-hybridized carbons (Fsp3) is 0.143. The van der Waals surface area contributed by atoms with Gasteiger partial charge in [0.15, 0.2) is 5.65 Å². The highest BCUT2D eigenvalue weighted by molar-refractivity contribution is 5.81. The van der Waals surface area contributed by atoms with E-state index in [-0.39, 0.29) is 5.56 Å². The van der Waals surface area contributed by atoms with Crippen LogP contribution in [-0.2, 0) is 6.42 Å². The molecule has 25 heavy (non-hydrogen) atoms. The molecule has 0 aliphatic carbocycles. The first-order valence-corrected chi connectivity index (χ1v) is 8.53. The van der Waals surface area contributed by atoms with Crippen LogP contribution >= 0.6 is 0 Å². The highest BCUT2D eigenvalue weighted by Gasteiger charge is 2.16. The Morgan fingerprint density at radius 1 is 0.960 bits per heavy atom. The van der Waals surface area contributed by atoms with E-state index >= 15 is 0 Å². The van der Waals surface area contributed by atoms with Crippen LogP contribution in [0.1, 0.15) is 19.0 Å². The van der Waals surface area contributed by atoms with Crippen molar-refractivity contribution in [2.75, 3.05) is 0 Å². The summed E-state index contributed by atoms with van der Waals surface area (Å²) in [5.41, 5.74) is 5.36. The van der Waals surface area contributed by atoms with Crippen molar-refractivity contribution in [1.29, 1.82) is 0 Å². The lowest BCUT2D eigenvalue weighted by Crippen LogP contribution is -2.14. The van der Waals surface area contributed by atoms with Crippen molar-refractivity contribution in [3.63, 3.8) is 0 Å². The molecule has 4 heteroatoms. The Kier molecular flexibility index (Phi) is 3.94. The third kappa shape index (κ3) is 2.76. The van der Waals surface area contributed by atoms with Crippen LogP contribution < -0.4 is 5.56 Å². The number of hydrogen-bond acceptors (Lipinski definition) is 2. The maximum atomic E-state index is 12.7. The summed E-state index contributed by atoms with van der Waals surface area (Å²) in [6.07, 6.45) is 1.86. The number of aryl methyl sites for hydroxylation is 1. The maximum absolute atomic E-state index is 12.7. The lowest BCUT2D eigenvalue weighted by atomic mass is 10.0. The van der Waals surface area contributed by atoms with Crippen LogP contribution in [0.15, 0.2) is 71.5 Å². The zero-order valence-corrected chi connectivity index (χ0v) is 14.1. The van der Waals surface area contributed by atoms with Gasteiger partial charge in [-0.2, -0.15) is 0 Å². The second-order valence-corrected chi connectivity index (χ2v) is 6.09. The van der Waals surface area contributed by atoms with Crippen LogP contribution in [0.3, 0.4) is 0 Å². The van der Waals surface area contributed by atoms with E-state index in [9.17, 15) is 4.79 Å². The molecule has 0 saturated carbocycles. The van der Waals surface area contributed by atoms with Gasteiger partial charge in [0.2, 0.25) is 0 Å². The van der Waals surface area contributed by atoms with Gasteiger partial charge >= 0.3 is 0 Å². The van der Waals surface area contributed by atoms with Gasteiger partial charge in [0.25, 0.3) is 5.56 Å². The number of rotatable bonds is 4. The molecule has 0 saturated heterocycles. The molecule has 0 unspecified atom stereocenters. The zero-order valence-electron chi connectivity index (χ0n) is 14.1. The van der Waals surface area contributed by atoms with Crippen LogP contribution in [0.4, 0.5) is 0 Å². The number of H-pyrrole nitrogens is 1. The van der Waals surface area contributed by atoms with E-state index < -0.39 is 0 Å². The molecule has 4 nitrogen and oxygen atoms in total. The summed E-state index contributed by atoms with van der Waals surface area (Å²) in [4.78, 5) is 17.5. The van der Waals surface area contributed by atoms with Crippen LogP contribution in [0.5, 0.6) is 0 Å². The number of nitrogens with zero attached hydrogens (tertiary/aromatic N) is 2. The largest absolute Gasteiger partial charge is 0.293 e. The molecule has 0 spiro atoms. The summed E-state index contributed by atoms with van der Waals surface area (Å²) < 4.78 is 1.56. The van der Waals surface area contributed by atoms with Crippen molar-refractivity contribution >= 4 is 5.65 Å². The molecule has 0 fully saturated rings. The van der Waals surface area contributed by atoms with E-state index in [0.29, 0.717) is 11.3 Å². The van der Waals surface area contributed by atoms with Crippen LogP contribution in [0.25, 0.3) is 28.0 Å². The normalized spacial score (nSPS) is 11.1. The van der Waals surface area contributed by atoms with Crippen molar-refractivity contribution in [3.8, 4) is 22.4 Å². The summed E-state index contributed by atoms with van der Waals surface area (Å²) in [6, 6.07) is 21.5. The molecular formula is C21H19N3O. The molecule has 124 valence electrons. The summed E-state index contributed by atoms with van der Waals surface area (Å²) in [7, 11) is 0. The molecule has 0 bridgehead atoms. The molecule has 0 aliphatic heterocycles. The minimum absolute atomic E-state index is 0.0941. The Morgan fingerprint density at radius 3 is 2.24 bits per heavy atom. The van der Waals surface area contributed by atoms with Crippen molar-refractivity contribution in [3.05, 3.63) is 82.8 Å². The summed E-state index contributed by atoms with van der Waals surface area (Å²) >= 11 is 0. The van der Waals surface area contributed by atoms with E-state index in [1.165, 1.54) is 0 Å². The first-order valence-electron chi connectivity index (χ1n) is 8.53. The average molecular weight is 329 g/mol. The number of nitrogens with one attached hydrogen (secondary N) is 1. The summed E-state index contributed by atoms with van der Waals surface area (Å²) in [5, 5.41) is 3.25. The Bertz CT molecular complexity index is 1060. The van der Waals surface area contributed by atoms with Crippen molar-refractivity contribution in [1.82, 2.24) is 14.6 Å². The van der Waals surface area contributed by atoms with Gasteiger partial charge in [-0.15, -0.1) is 0 Å². The van der Waals surface area contributed by atoms with Crippen LogP contribution in [0.2, 0.25) is 0 Å². The molecule has 0 radical (unpaired) electrons. The fourth-order valence-corrected chi connectivity index (χ4v) is 3.18. The first kappa shape index (κ1) is 15.4. The first-order chi connectivity index (χ1) is 12.3. The van der Waals surface area contributed by atoms with Gasteiger partial charge in [-0.25, -0.2) is 9.50 Å². The monoisotopic (exact) mass is 329 g/mol. The molecule has 4 rings (SSSR count). The Labute approximate surface area is 145 Å². The minimum Gasteiger partial charge on any atom is -0.293 e. The lowest BCUT2D eigenvalue weighted by Gasteiger charge is -2.04. The van der Waals surface area contributed by atoms with E-state index in [0.717, 1.165) is 35.2 Å². The summed E-state index contributed by atoms with van der Waals surface area (Å²) in [6.45, 7) is 2.13. The second kappa shape index (κ2) is 6.40. The molecule has 1 N–H and O–H groups in total. The molecule has 2 aromatic carbocycles. The molecule has 2 aromatic heterocycles. The third-order valence-corrected chi connectivity index (χ3v) is 4.32. The number of aromatic nitrogens is 3. The smallest absolute Gasteiger partial charge is 0.273 e. The maximum Gasteiger partial charge on any atom is 0.273 e. The molecule has 4 aromatic rings. The molecule has 0 aliphatic rings. The van der Waals surface area contributed by atoms with Gasteiger partial charge in [-0.05, 0) is 12.0 Å². The number of fused-ring (bicyclic) bond motifs is 1. The van der Waals surface area contributed by atoms with Crippen molar-refractivity contribution in [2.45, 2.75) is 19.8 Å². The van der Waals surface area contributed by atoms with E-state index in [1.54, 1.807) is 10.6 Å². The van der Waals surface area contributed by atoms with E-state index in [4.69, 9.17) is 4.98 Å². The zero-order chi connectivity index (χ0) is 17.2. The highest BCUT2D eigenvalue weighted by atomic mass is 16.1. The number of hydrogen-bond donors (Lipinski definition) is 1. The Morgan fingerprint density at radius 2 is 1.60 bits per heavy atom. The summed E-state index contributed by atoms with van der Waals surface area (Å²) in [5.74, 6) is 0. The number of benzene rings is 2. The SMILES string of the molecule is CCCc1[nH]n2c(=O)cc(-c3ccccc3)nc2c1-c1ccccc1. The number of aromatic amines is 1. The Hall–Kier alpha value is -3.14. The molecule has 0 amide bonds. The molecule has 0 atom stereocenters.